The molecule has 0 unspecified atom stereocenters. The van der Waals surface area contributed by atoms with Gasteiger partial charge in [-0.3, -0.25) is 4.79 Å². The topological polar surface area (TPSA) is 51.1 Å². The zero-order valence-electron chi connectivity index (χ0n) is 11.7. The number of para-hydroxylation sites is 1. The third kappa shape index (κ3) is 3.48. The number of amides is 1. The van der Waals surface area contributed by atoms with E-state index in [1.54, 1.807) is 6.07 Å². The molecule has 1 aromatic heterocycles. The van der Waals surface area contributed by atoms with Crippen LogP contribution < -0.4 is 10.2 Å². The van der Waals surface area contributed by atoms with Crippen LogP contribution in [0.3, 0.4) is 0 Å². The molecule has 1 N–H and O–H groups in total. The molecule has 0 saturated carbocycles. The predicted octanol–water partition coefficient (Wildman–Crippen LogP) is 3.59. The Bertz CT molecular complexity index is 630. The van der Waals surface area contributed by atoms with Crippen molar-refractivity contribution in [1.82, 2.24) is 9.88 Å². The van der Waals surface area contributed by atoms with Gasteiger partial charge in [0.15, 0.2) is 0 Å². The Morgan fingerprint density at radius 2 is 1.95 bits per heavy atom. The Hall–Kier alpha value is -1.62. The first-order valence-corrected chi connectivity index (χ1v) is 7.94. The number of nitrogens with zero attached hydrogens (tertiary/aromatic N) is 1. The van der Waals surface area contributed by atoms with Crippen LogP contribution in [0.1, 0.15) is 39.0 Å². The molecule has 0 radical (unpaired) electrons. The Morgan fingerprint density at radius 1 is 1.20 bits per heavy atom. The normalized spacial score (nSPS) is 10.8. The van der Waals surface area contributed by atoms with Crippen molar-refractivity contribution in [3.8, 4) is 0 Å². The summed E-state index contributed by atoms with van der Waals surface area (Å²) in [6, 6.07) is 7.05. The molecule has 20 heavy (non-hydrogen) atoms. The minimum absolute atomic E-state index is 0.227. The minimum Gasteiger partial charge on any atom is -0.337 e. The number of benzene rings is 1. The van der Waals surface area contributed by atoms with Gasteiger partial charge in [-0.25, -0.2) is 9.36 Å². The van der Waals surface area contributed by atoms with Gasteiger partial charge in [-0.2, -0.15) is 0 Å². The fourth-order valence-corrected chi connectivity index (χ4v) is 3.03. The molecule has 1 heterocycles. The highest BCUT2D eigenvalue weighted by atomic mass is 32.1. The zero-order valence-corrected chi connectivity index (χ0v) is 12.5. The highest BCUT2D eigenvalue weighted by Gasteiger charge is 2.12. The summed E-state index contributed by atoms with van der Waals surface area (Å²) in [5.41, 5.74) is 0.686. The Kier molecular flexibility index (Phi) is 5.35. The zero-order chi connectivity index (χ0) is 14.4. The lowest BCUT2D eigenvalue weighted by Gasteiger charge is -2.05. The van der Waals surface area contributed by atoms with Crippen LogP contribution in [0.15, 0.2) is 29.1 Å². The molecule has 4 nitrogen and oxygen atoms in total. The molecule has 0 aliphatic heterocycles. The maximum Gasteiger partial charge on any atom is 0.329 e. The molecule has 0 fully saturated rings. The molecule has 5 heteroatoms. The maximum atomic E-state index is 12.1. The molecule has 108 valence electrons. The lowest BCUT2D eigenvalue weighted by atomic mass is 10.1. The summed E-state index contributed by atoms with van der Waals surface area (Å²) in [5, 5.41) is 2.83. The van der Waals surface area contributed by atoms with Gasteiger partial charge in [-0.15, -0.1) is 0 Å². The van der Waals surface area contributed by atoms with E-state index in [0.717, 1.165) is 28.9 Å². The number of rotatable bonds is 6. The van der Waals surface area contributed by atoms with Crippen molar-refractivity contribution in [3.05, 3.63) is 33.9 Å². The molecule has 0 atom stereocenters. The van der Waals surface area contributed by atoms with E-state index >= 15 is 0 Å². The number of nitrogens with one attached hydrogen (secondary N) is 1. The molecule has 0 aliphatic rings. The monoisotopic (exact) mass is 292 g/mol. The first-order chi connectivity index (χ1) is 9.74. The van der Waals surface area contributed by atoms with E-state index in [-0.39, 0.29) is 10.9 Å². The molecular weight excluding hydrogens is 272 g/mol. The molecule has 1 aromatic carbocycles. The number of hydrogen-bond donors (Lipinski definition) is 1. The van der Waals surface area contributed by atoms with E-state index in [2.05, 4.69) is 12.2 Å². The number of fused-ring (bicyclic) bond motifs is 1. The lowest BCUT2D eigenvalue weighted by molar-refractivity contribution is 0.242. The standard InChI is InChI=1S/C15H20N2O2S/c1-2-3-4-5-8-11-16-14(18)17-12-9-6-7-10-13(12)20-15(17)19/h6-7,9-10H,2-5,8,11H2,1H3,(H,16,18). The minimum atomic E-state index is -0.317. The van der Waals surface area contributed by atoms with Gasteiger partial charge in [0.05, 0.1) is 10.2 Å². The van der Waals surface area contributed by atoms with Gasteiger partial charge >= 0.3 is 10.9 Å². The number of unbranched alkanes of at least 4 members (excludes halogenated alkanes) is 4. The van der Waals surface area contributed by atoms with Crippen molar-refractivity contribution < 1.29 is 4.79 Å². The van der Waals surface area contributed by atoms with Gasteiger partial charge in [-0.1, -0.05) is 56.1 Å². The van der Waals surface area contributed by atoms with E-state index in [9.17, 15) is 9.59 Å². The average Bonchev–Trinajstić information content (AvgIpc) is 2.78. The van der Waals surface area contributed by atoms with Gasteiger partial charge in [-0.05, 0) is 18.6 Å². The van der Waals surface area contributed by atoms with Crippen LogP contribution in [0.5, 0.6) is 0 Å². The second-order valence-corrected chi connectivity index (χ2v) is 5.81. The third-order valence-electron chi connectivity index (χ3n) is 3.25. The van der Waals surface area contributed by atoms with Crippen LogP contribution in [0.4, 0.5) is 4.79 Å². The highest BCUT2D eigenvalue weighted by molar-refractivity contribution is 7.16. The molecule has 0 saturated heterocycles. The highest BCUT2D eigenvalue weighted by Crippen LogP contribution is 2.15. The SMILES string of the molecule is CCCCCCCNC(=O)n1c(=O)sc2ccccc21. The number of carbonyl (C=O) groups excluding carboxylic acids is 1. The van der Waals surface area contributed by atoms with Gasteiger partial charge in [0.2, 0.25) is 0 Å². The van der Waals surface area contributed by atoms with Crippen molar-refractivity contribution in [1.29, 1.82) is 0 Å². The van der Waals surface area contributed by atoms with Crippen LogP contribution in [0, 0.1) is 0 Å². The second-order valence-electron chi connectivity index (χ2n) is 4.82. The molecule has 0 aliphatic carbocycles. The average molecular weight is 292 g/mol. The second kappa shape index (κ2) is 7.24. The lowest BCUT2D eigenvalue weighted by Crippen LogP contribution is -2.34. The molecule has 0 spiro atoms. The van der Waals surface area contributed by atoms with E-state index in [1.807, 2.05) is 18.2 Å². The maximum absolute atomic E-state index is 12.1. The predicted molar refractivity (Wildman–Crippen MR) is 83.6 cm³/mol. The largest absolute Gasteiger partial charge is 0.337 e. The van der Waals surface area contributed by atoms with Gasteiger partial charge < -0.3 is 5.32 Å². The quantitative estimate of drug-likeness (QED) is 0.827. The molecule has 1 amide bonds. The van der Waals surface area contributed by atoms with Crippen molar-refractivity contribution in [2.45, 2.75) is 39.0 Å². The number of thiazole rings is 1. The number of carbonyl (C=O) groups is 1. The number of aromatic nitrogens is 1. The van der Waals surface area contributed by atoms with Gasteiger partial charge in [0.25, 0.3) is 0 Å². The van der Waals surface area contributed by atoms with Crippen LogP contribution in [0.2, 0.25) is 0 Å². The summed E-state index contributed by atoms with van der Waals surface area (Å²) >= 11 is 1.10. The van der Waals surface area contributed by atoms with E-state index in [0.29, 0.717) is 12.1 Å². The number of hydrogen-bond acceptors (Lipinski definition) is 3. The fraction of sp³-hybridized carbons (Fsp3) is 0.467. The first kappa shape index (κ1) is 14.8. The Balaban J connectivity index is 1.94. The summed E-state index contributed by atoms with van der Waals surface area (Å²) in [6.07, 6.45) is 5.73. The van der Waals surface area contributed by atoms with Crippen molar-refractivity contribution >= 4 is 27.6 Å². The Labute approximate surface area is 122 Å². The fourth-order valence-electron chi connectivity index (χ4n) is 2.16. The summed E-state index contributed by atoms with van der Waals surface area (Å²) in [5.74, 6) is 0. The molecule has 2 rings (SSSR count). The van der Waals surface area contributed by atoms with E-state index < -0.39 is 0 Å². The smallest absolute Gasteiger partial charge is 0.329 e. The summed E-state index contributed by atoms with van der Waals surface area (Å²) < 4.78 is 2.07. The van der Waals surface area contributed by atoms with Crippen LogP contribution in [-0.4, -0.2) is 17.1 Å². The van der Waals surface area contributed by atoms with Gasteiger partial charge in [0, 0.05) is 6.54 Å². The summed E-state index contributed by atoms with van der Waals surface area (Å²) in [7, 11) is 0. The molecular formula is C15H20N2O2S. The first-order valence-electron chi connectivity index (χ1n) is 7.13. The van der Waals surface area contributed by atoms with Crippen LogP contribution in [-0.2, 0) is 0 Å². The third-order valence-corrected chi connectivity index (χ3v) is 4.17. The van der Waals surface area contributed by atoms with Crippen molar-refractivity contribution in [3.63, 3.8) is 0 Å². The van der Waals surface area contributed by atoms with E-state index in [1.165, 1.54) is 23.8 Å². The molecule has 2 aromatic rings. The molecule has 0 bridgehead atoms. The van der Waals surface area contributed by atoms with Crippen molar-refractivity contribution in [2.24, 2.45) is 0 Å². The summed E-state index contributed by atoms with van der Waals surface area (Å²) in [4.78, 5) is 23.7. The Morgan fingerprint density at radius 3 is 2.75 bits per heavy atom. The van der Waals surface area contributed by atoms with Crippen LogP contribution in [0.25, 0.3) is 10.2 Å². The van der Waals surface area contributed by atoms with Crippen LogP contribution >= 0.6 is 11.3 Å². The van der Waals surface area contributed by atoms with Gasteiger partial charge in [0.1, 0.15) is 0 Å². The van der Waals surface area contributed by atoms with E-state index in [4.69, 9.17) is 0 Å². The summed E-state index contributed by atoms with van der Waals surface area (Å²) in [6.45, 7) is 2.80. The van der Waals surface area contributed by atoms with Crippen molar-refractivity contribution in [2.75, 3.05) is 6.54 Å².